The molecule has 30 heavy (non-hydrogen) atoms. The van der Waals surface area contributed by atoms with Crippen molar-refractivity contribution in [3.05, 3.63) is 89.0 Å². The number of anilines is 1. The highest BCUT2D eigenvalue weighted by molar-refractivity contribution is 5.93. The van der Waals surface area contributed by atoms with Crippen LogP contribution in [0.4, 0.5) is 5.69 Å². The highest BCUT2D eigenvalue weighted by atomic mass is 16.5. The van der Waals surface area contributed by atoms with Crippen LogP contribution in [0.5, 0.6) is 11.5 Å². The van der Waals surface area contributed by atoms with E-state index in [0.29, 0.717) is 18.3 Å². The summed E-state index contributed by atoms with van der Waals surface area (Å²) in [5, 5.41) is 3.27. The average Bonchev–Trinajstić information content (AvgIpc) is 2.73. The van der Waals surface area contributed by atoms with E-state index in [2.05, 4.69) is 63.3 Å². The van der Waals surface area contributed by atoms with Gasteiger partial charge in [0.05, 0.1) is 0 Å². The molecular weight excluding hydrogens is 370 g/mol. The highest BCUT2D eigenvalue weighted by Gasteiger charge is 2.29. The second-order valence-electron chi connectivity index (χ2n) is 8.60. The molecule has 0 radical (unpaired) electrons. The summed E-state index contributed by atoms with van der Waals surface area (Å²) in [5.74, 6) is 2.34. The van der Waals surface area contributed by atoms with Crippen LogP contribution in [0.1, 0.15) is 74.1 Å². The van der Waals surface area contributed by atoms with Gasteiger partial charge in [-0.3, -0.25) is 4.79 Å². The molecule has 154 valence electrons. The van der Waals surface area contributed by atoms with Gasteiger partial charge in [0, 0.05) is 29.2 Å². The van der Waals surface area contributed by atoms with Gasteiger partial charge >= 0.3 is 0 Å². The fraction of sp³-hybridized carbons (Fsp3) is 0.296. The van der Waals surface area contributed by atoms with Gasteiger partial charge in [0.1, 0.15) is 11.5 Å². The Morgan fingerprint density at radius 2 is 1.30 bits per heavy atom. The summed E-state index contributed by atoms with van der Waals surface area (Å²) in [6.07, 6.45) is 0.376. The van der Waals surface area contributed by atoms with Crippen molar-refractivity contribution in [1.29, 1.82) is 0 Å². The van der Waals surface area contributed by atoms with Crippen molar-refractivity contribution in [3.63, 3.8) is 0 Å². The minimum Gasteiger partial charge on any atom is -0.457 e. The summed E-state index contributed by atoms with van der Waals surface area (Å²) < 4.78 is 6.08. The van der Waals surface area contributed by atoms with Crippen molar-refractivity contribution in [2.75, 3.05) is 5.32 Å². The normalized spacial score (nSPS) is 13.0. The number of carbonyl (C=O) groups excluding carboxylic acids is 1. The van der Waals surface area contributed by atoms with Crippen LogP contribution in [0.25, 0.3) is 0 Å². The van der Waals surface area contributed by atoms with Crippen LogP contribution in [-0.4, -0.2) is 5.91 Å². The van der Waals surface area contributed by atoms with Gasteiger partial charge in [0.15, 0.2) is 0 Å². The van der Waals surface area contributed by atoms with Gasteiger partial charge in [-0.25, -0.2) is 0 Å². The summed E-state index contributed by atoms with van der Waals surface area (Å²) in [6, 6.07) is 22.3. The number of amides is 1. The zero-order valence-electron chi connectivity index (χ0n) is 18.1. The van der Waals surface area contributed by atoms with E-state index in [9.17, 15) is 4.79 Å². The molecule has 3 heteroatoms. The van der Waals surface area contributed by atoms with Gasteiger partial charge in [0.2, 0.25) is 5.91 Å². The molecule has 3 aromatic carbocycles. The Hall–Kier alpha value is -3.07. The van der Waals surface area contributed by atoms with E-state index in [1.54, 1.807) is 0 Å². The molecule has 0 atom stereocenters. The monoisotopic (exact) mass is 399 g/mol. The SMILES string of the molecule is CC(C)c1cccc(C(C)C)c1NC(=O)CC1c2ccccc2Oc2ccccc21. The first-order valence-corrected chi connectivity index (χ1v) is 10.7. The van der Waals surface area contributed by atoms with Crippen molar-refractivity contribution in [3.8, 4) is 11.5 Å². The van der Waals surface area contributed by atoms with Gasteiger partial charge in [-0.1, -0.05) is 82.3 Å². The minimum atomic E-state index is -0.0279. The molecular formula is C27H29NO2. The number of fused-ring (bicyclic) bond motifs is 2. The molecule has 0 saturated heterocycles. The topological polar surface area (TPSA) is 38.3 Å². The predicted molar refractivity (Wildman–Crippen MR) is 123 cm³/mol. The van der Waals surface area contributed by atoms with Crippen molar-refractivity contribution in [2.24, 2.45) is 0 Å². The first-order chi connectivity index (χ1) is 14.5. The van der Waals surface area contributed by atoms with Crippen LogP contribution in [0.3, 0.4) is 0 Å². The van der Waals surface area contributed by atoms with E-state index in [1.807, 2.05) is 36.4 Å². The molecule has 0 bridgehead atoms. The summed E-state index contributed by atoms with van der Waals surface area (Å²) in [6.45, 7) is 8.67. The van der Waals surface area contributed by atoms with Crippen LogP contribution >= 0.6 is 0 Å². The van der Waals surface area contributed by atoms with Gasteiger partial charge in [-0.2, -0.15) is 0 Å². The van der Waals surface area contributed by atoms with E-state index in [1.165, 1.54) is 11.1 Å². The van der Waals surface area contributed by atoms with Crippen LogP contribution in [-0.2, 0) is 4.79 Å². The van der Waals surface area contributed by atoms with Crippen LogP contribution in [0.2, 0.25) is 0 Å². The molecule has 1 heterocycles. The Morgan fingerprint density at radius 3 is 1.80 bits per heavy atom. The summed E-state index contributed by atoms with van der Waals surface area (Å²) in [7, 11) is 0. The largest absolute Gasteiger partial charge is 0.457 e. The maximum atomic E-state index is 13.3. The summed E-state index contributed by atoms with van der Waals surface area (Å²) >= 11 is 0. The Bertz CT molecular complexity index is 996. The molecule has 0 aliphatic carbocycles. The molecule has 0 unspecified atom stereocenters. The maximum absolute atomic E-state index is 13.3. The summed E-state index contributed by atoms with van der Waals surface area (Å²) in [4.78, 5) is 13.3. The van der Waals surface area contributed by atoms with Crippen LogP contribution in [0, 0.1) is 0 Å². The van der Waals surface area contributed by atoms with Crippen molar-refractivity contribution >= 4 is 11.6 Å². The number of para-hydroxylation sites is 3. The van der Waals surface area contributed by atoms with Crippen molar-refractivity contribution in [1.82, 2.24) is 0 Å². The number of benzene rings is 3. The van der Waals surface area contributed by atoms with Crippen molar-refractivity contribution < 1.29 is 9.53 Å². The molecule has 3 aromatic rings. The lowest BCUT2D eigenvalue weighted by Gasteiger charge is -2.28. The molecule has 1 amide bonds. The van der Waals surface area contributed by atoms with Crippen molar-refractivity contribution in [2.45, 2.75) is 51.9 Å². The number of rotatable bonds is 5. The number of hydrogen-bond acceptors (Lipinski definition) is 2. The van der Waals surface area contributed by atoms with Crippen LogP contribution < -0.4 is 10.1 Å². The molecule has 1 aliphatic heterocycles. The fourth-order valence-electron chi connectivity index (χ4n) is 4.30. The number of carbonyl (C=O) groups is 1. The lowest BCUT2D eigenvalue weighted by Crippen LogP contribution is -2.20. The highest BCUT2D eigenvalue weighted by Crippen LogP contribution is 2.45. The second kappa shape index (κ2) is 8.35. The molecule has 0 aromatic heterocycles. The average molecular weight is 400 g/mol. The van der Waals surface area contributed by atoms with E-state index in [4.69, 9.17) is 4.74 Å². The Labute approximate surface area is 179 Å². The van der Waals surface area contributed by atoms with Gasteiger partial charge in [-0.15, -0.1) is 0 Å². The number of hydrogen-bond donors (Lipinski definition) is 1. The van der Waals surface area contributed by atoms with E-state index in [0.717, 1.165) is 28.3 Å². The van der Waals surface area contributed by atoms with E-state index in [-0.39, 0.29) is 11.8 Å². The summed E-state index contributed by atoms with van der Waals surface area (Å²) in [5.41, 5.74) is 5.46. The first kappa shape index (κ1) is 20.2. The lowest BCUT2D eigenvalue weighted by atomic mass is 9.85. The molecule has 3 nitrogen and oxygen atoms in total. The molecule has 4 rings (SSSR count). The molecule has 0 spiro atoms. The predicted octanol–water partition coefficient (Wildman–Crippen LogP) is 7.20. The van der Waals surface area contributed by atoms with Gasteiger partial charge in [0.25, 0.3) is 0 Å². The quantitative estimate of drug-likeness (QED) is 0.492. The number of nitrogens with one attached hydrogen (secondary N) is 1. The third kappa shape index (κ3) is 3.85. The number of ether oxygens (including phenoxy) is 1. The standard InChI is InChI=1S/C27H29NO2/c1-17(2)19-12-9-13-20(18(3)4)27(19)28-26(29)16-23-21-10-5-7-14-24(21)30-25-15-8-6-11-22(23)25/h5-15,17-18,23H,16H2,1-4H3,(H,28,29). The zero-order chi connectivity index (χ0) is 21.3. The van der Waals surface area contributed by atoms with Gasteiger partial charge in [-0.05, 0) is 35.1 Å². The zero-order valence-corrected chi connectivity index (χ0v) is 18.1. The molecule has 0 fully saturated rings. The Kier molecular flexibility index (Phi) is 5.63. The third-order valence-electron chi connectivity index (χ3n) is 5.84. The molecule has 0 saturated carbocycles. The maximum Gasteiger partial charge on any atom is 0.225 e. The second-order valence-corrected chi connectivity index (χ2v) is 8.60. The fourth-order valence-corrected chi connectivity index (χ4v) is 4.30. The smallest absolute Gasteiger partial charge is 0.225 e. The Morgan fingerprint density at radius 1 is 0.800 bits per heavy atom. The first-order valence-electron chi connectivity index (χ1n) is 10.7. The molecule has 1 N–H and O–H groups in total. The minimum absolute atomic E-state index is 0.0279. The van der Waals surface area contributed by atoms with E-state index >= 15 is 0 Å². The Balaban J connectivity index is 1.67. The lowest BCUT2D eigenvalue weighted by molar-refractivity contribution is -0.116. The van der Waals surface area contributed by atoms with Gasteiger partial charge < -0.3 is 10.1 Å². The van der Waals surface area contributed by atoms with E-state index < -0.39 is 0 Å². The molecule has 1 aliphatic rings. The van der Waals surface area contributed by atoms with Crippen LogP contribution in [0.15, 0.2) is 66.7 Å². The third-order valence-corrected chi connectivity index (χ3v) is 5.84.